The lowest BCUT2D eigenvalue weighted by atomic mass is 10.1. The summed E-state index contributed by atoms with van der Waals surface area (Å²) >= 11 is 0. The van der Waals surface area contributed by atoms with Gasteiger partial charge in [-0.1, -0.05) is 36.4 Å². The number of anilines is 3. The average Bonchev–Trinajstić information content (AvgIpc) is 3.55. The summed E-state index contributed by atoms with van der Waals surface area (Å²) in [5.74, 6) is -1.76. The molecule has 0 bridgehead atoms. The highest BCUT2D eigenvalue weighted by Gasteiger charge is 2.38. The molecular formula is C30H27F3N8O4. The number of nitrogens with zero attached hydrogens (tertiary/aromatic N) is 6. The molecule has 0 unspecified atom stereocenters. The Kier molecular flexibility index (Phi) is 9.48. The molecule has 0 saturated carbocycles. The van der Waals surface area contributed by atoms with E-state index in [2.05, 4.69) is 35.6 Å². The first-order chi connectivity index (χ1) is 21.7. The highest BCUT2D eigenvalue weighted by atomic mass is 19.4. The molecule has 6 rings (SSSR count). The fourth-order valence-electron chi connectivity index (χ4n) is 4.22. The number of hydrogen-bond donors (Lipinski definition) is 3. The van der Waals surface area contributed by atoms with Crippen LogP contribution in [0, 0.1) is 0 Å². The van der Waals surface area contributed by atoms with Crippen molar-refractivity contribution >= 4 is 40.4 Å². The van der Waals surface area contributed by atoms with Crippen LogP contribution in [0.25, 0.3) is 16.6 Å². The molecule has 3 heterocycles. The summed E-state index contributed by atoms with van der Waals surface area (Å²) in [7, 11) is 0. The quantitative estimate of drug-likeness (QED) is 0.240. The number of carbonyl (C=O) groups is 2. The smallest absolute Gasteiger partial charge is 0.475 e. The van der Waals surface area contributed by atoms with Crippen LogP contribution < -0.4 is 15.5 Å². The summed E-state index contributed by atoms with van der Waals surface area (Å²) in [6, 6.07) is 23.0. The Morgan fingerprint density at radius 3 is 2.36 bits per heavy atom. The number of ether oxygens (including phenoxy) is 1. The summed E-state index contributed by atoms with van der Waals surface area (Å²) in [5.41, 5.74) is 4.01. The van der Waals surface area contributed by atoms with Crippen LogP contribution in [-0.2, 0) is 16.1 Å². The molecule has 1 amide bonds. The van der Waals surface area contributed by atoms with Crippen LogP contribution >= 0.6 is 0 Å². The zero-order valence-electron chi connectivity index (χ0n) is 23.6. The van der Waals surface area contributed by atoms with Crippen LogP contribution in [0.4, 0.5) is 30.8 Å². The molecule has 15 heteroatoms. The van der Waals surface area contributed by atoms with Gasteiger partial charge in [-0.05, 0) is 42.0 Å². The van der Waals surface area contributed by atoms with Crippen molar-refractivity contribution < 1.29 is 32.6 Å². The molecular weight excluding hydrogens is 593 g/mol. The average molecular weight is 621 g/mol. The number of morpholine rings is 1. The van der Waals surface area contributed by atoms with Gasteiger partial charge in [0.2, 0.25) is 11.9 Å². The van der Waals surface area contributed by atoms with Gasteiger partial charge < -0.3 is 25.4 Å². The van der Waals surface area contributed by atoms with E-state index in [1.807, 2.05) is 60.7 Å². The van der Waals surface area contributed by atoms with E-state index >= 15 is 0 Å². The number of nitrogens with one attached hydrogen (secondary N) is 2. The summed E-state index contributed by atoms with van der Waals surface area (Å²) in [4.78, 5) is 37.2. The van der Waals surface area contributed by atoms with Gasteiger partial charge in [-0.25, -0.2) is 19.4 Å². The maximum absolute atomic E-state index is 12.7. The highest BCUT2D eigenvalue weighted by Crippen LogP contribution is 2.20. The van der Waals surface area contributed by atoms with E-state index in [0.717, 1.165) is 35.4 Å². The minimum absolute atomic E-state index is 0.149. The minimum atomic E-state index is -5.08. The van der Waals surface area contributed by atoms with Crippen molar-refractivity contribution in [1.82, 2.24) is 30.0 Å². The number of hydrogen-bond acceptors (Lipinski definition) is 9. The number of fused-ring (bicyclic) bond motifs is 1. The van der Waals surface area contributed by atoms with Crippen LogP contribution in [0.1, 0.15) is 15.9 Å². The van der Waals surface area contributed by atoms with Gasteiger partial charge in [0.15, 0.2) is 0 Å². The van der Waals surface area contributed by atoms with E-state index < -0.39 is 12.1 Å². The third kappa shape index (κ3) is 8.29. The SMILES string of the molecule is O=C(NCc1ccccc1)c1ccc2cnc(Nc3ccc(-n4cnc(N5CCOCC5)n4)cc3)nc2c1.O=C(O)C(F)(F)F. The molecule has 0 spiro atoms. The first kappa shape index (κ1) is 30.9. The summed E-state index contributed by atoms with van der Waals surface area (Å²) in [6.07, 6.45) is -1.62. The Labute approximate surface area is 254 Å². The fraction of sp³-hybridized carbons (Fsp3) is 0.200. The van der Waals surface area contributed by atoms with Crippen molar-refractivity contribution in [3.05, 3.63) is 96.4 Å². The Morgan fingerprint density at radius 1 is 0.956 bits per heavy atom. The highest BCUT2D eigenvalue weighted by molar-refractivity contribution is 5.97. The van der Waals surface area contributed by atoms with E-state index in [9.17, 15) is 18.0 Å². The minimum Gasteiger partial charge on any atom is -0.475 e. The lowest BCUT2D eigenvalue weighted by molar-refractivity contribution is -0.192. The number of rotatable bonds is 7. The number of amides is 1. The Balaban J connectivity index is 0.000000515. The molecule has 1 fully saturated rings. The van der Waals surface area contributed by atoms with Gasteiger partial charge >= 0.3 is 12.1 Å². The summed E-state index contributed by atoms with van der Waals surface area (Å²) in [5, 5.41) is 18.8. The van der Waals surface area contributed by atoms with E-state index in [4.69, 9.17) is 14.6 Å². The number of halogens is 3. The summed E-state index contributed by atoms with van der Waals surface area (Å²) in [6.45, 7) is 3.42. The number of aliphatic carboxylic acids is 1. The number of alkyl halides is 3. The van der Waals surface area contributed by atoms with Crippen LogP contribution in [0.5, 0.6) is 0 Å². The van der Waals surface area contributed by atoms with Crippen LogP contribution in [0.15, 0.2) is 85.3 Å². The molecule has 0 atom stereocenters. The lowest BCUT2D eigenvalue weighted by Crippen LogP contribution is -2.37. The molecule has 5 aromatic rings. The molecule has 0 aliphatic carbocycles. The molecule has 1 aliphatic heterocycles. The van der Waals surface area contributed by atoms with Gasteiger partial charge in [-0.2, -0.15) is 18.2 Å². The first-order valence-corrected chi connectivity index (χ1v) is 13.7. The van der Waals surface area contributed by atoms with Gasteiger partial charge in [-0.15, -0.1) is 5.10 Å². The molecule has 232 valence electrons. The molecule has 1 saturated heterocycles. The zero-order valence-corrected chi connectivity index (χ0v) is 23.6. The Morgan fingerprint density at radius 2 is 1.67 bits per heavy atom. The van der Waals surface area contributed by atoms with E-state index in [1.165, 1.54) is 0 Å². The molecule has 12 nitrogen and oxygen atoms in total. The fourth-order valence-corrected chi connectivity index (χ4v) is 4.22. The zero-order chi connectivity index (χ0) is 31.8. The second kappa shape index (κ2) is 13.8. The van der Waals surface area contributed by atoms with E-state index in [-0.39, 0.29) is 5.91 Å². The van der Waals surface area contributed by atoms with Crippen molar-refractivity contribution in [3.63, 3.8) is 0 Å². The Bertz CT molecular complexity index is 1760. The Hall–Kier alpha value is -5.57. The molecule has 0 radical (unpaired) electrons. The number of carboxylic acids is 1. The van der Waals surface area contributed by atoms with Gasteiger partial charge in [0.25, 0.3) is 5.91 Å². The molecule has 45 heavy (non-hydrogen) atoms. The summed E-state index contributed by atoms with van der Waals surface area (Å²) < 4.78 is 38.9. The van der Waals surface area contributed by atoms with Crippen molar-refractivity contribution in [2.24, 2.45) is 0 Å². The first-order valence-electron chi connectivity index (χ1n) is 13.7. The molecule has 3 aromatic carbocycles. The maximum atomic E-state index is 12.7. The second-order valence-corrected chi connectivity index (χ2v) is 9.70. The lowest BCUT2D eigenvalue weighted by Gasteiger charge is -2.25. The third-order valence-electron chi connectivity index (χ3n) is 6.54. The molecule has 1 aliphatic rings. The predicted octanol–water partition coefficient (Wildman–Crippen LogP) is 4.35. The van der Waals surface area contributed by atoms with Crippen LogP contribution in [-0.4, -0.2) is 74.2 Å². The van der Waals surface area contributed by atoms with Gasteiger partial charge in [0, 0.05) is 42.5 Å². The van der Waals surface area contributed by atoms with Gasteiger partial charge in [0.05, 0.1) is 24.4 Å². The van der Waals surface area contributed by atoms with Crippen molar-refractivity contribution in [3.8, 4) is 5.69 Å². The standard InChI is InChI=1S/C28H26N8O2.C2HF3O2/c37-26(29-17-20-4-2-1-3-5-20)21-6-7-22-18-30-27(33-25(22)16-21)32-23-8-10-24(11-9-23)36-19-31-28(34-36)35-12-14-38-15-13-35;3-2(4,5)1(6)7/h1-11,16,18-19H,12-15,17H2,(H,29,37)(H,30,32,33);(H,6,7). The van der Waals surface area contributed by atoms with Crippen molar-refractivity contribution in [2.75, 3.05) is 36.5 Å². The van der Waals surface area contributed by atoms with Crippen molar-refractivity contribution in [2.45, 2.75) is 12.7 Å². The topological polar surface area (TPSA) is 147 Å². The molecule has 3 N–H and O–H groups in total. The van der Waals surface area contributed by atoms with Gasteiger partial charge in [0.1, 0.15) is 6.33 Å². The predicted molar refractivity (Wildman–Crippen MR) is 159 cm³/mol. The second-order valence-electron chi connectivity index (χ2n) is 9.70. The van der Waals surface area contributed by atoms with Gasteiger partial charge in [-0.3, -0.25) is 4.79 Å². The number of carbonyl (C=O) groups excluding carboxylic acids is 1. The monoisotopic (exact) mass is 620 g/mol. The van der Waals surface area contributed by atoms with Crippen molar-refractivity contribution in [1.29, 1.82) is 0 Å². The molecule has 2 aromatic heterocycles. The number of carboxylic acid groups (broad SMARTS) is 1. The maximum Gasteiger partial charge on any atom is 0.490 e. The largest absolute Gasteiger partial charge is 0.490 e. The number of benzene rings is 3. The normalized spacial score (nSPS) is 13.1. The van der Waals surface area contributed by atoms with Crippen LogP contribution in [0.3, 0.4) is 0 Å². The van der Waals surface area contributed by atoms with Crippen LogP contribution in [0.2, 0.25) is 0 Å². The van der Waals surface area contributed by atoms with E-state index in [0.29, 0.717) is 42.7 Å². The third-order valence-corrected chi connectivity index (χ3v) is 6.54. The van der Waals surface area contributed by atoms with E-state index in [1.54, 1.807) is 29.3 Å². The number of aromatic nitrogens is 5.